The van der Waals surface area contributed by atoms with Crippen LogP contribution >= 0.6 is 70.4 Å². The molecule has 0 radical (unpaired) electrons. The topological polar surface area (TPSA) is 0 Å². The molecule has 12 heavy (non-hydrogen) atoms. The van der Waals surface area contributed by atoms with Gasteiger partial charge in [-0.3, -0.25) is 0 Å². The summed E-state index contributed by atoms with van der Waals surface area (Å²) in [4.78, 5) is 0. The van der Waals surface area contributed by atoms with Gasteiger partial charge in [0, 0.05) is 18.7 Å². The van der Waals surface area contributed by atoms with Crippen LogP contribution in [0.25, 0.3) is 0 Å². The van der Waals surface area contributed by atoms with E-state index >= 15 is 0 Å². The van der Waals surface area contributed by atoms with E-state index in [4.69, 9.17) is 0 Å². The van der Waals surface area contributed by atoms with Crippen LogP contribution < -0.4 is 0 Å². The highest BCUT2D eigenvalue weighted by molar-refractivity contribution is 14.1. The lowest BCUT2D eigenvalue weighted by Crippen LogP contribution is -1.91. The molecule has 0 saturated heterocycles. The SMILES string of the molecule is BrCc1cc(Br)cc(CBr)c1I. The van der Waals surface area contributed by atoms with Crippen LogP contribution in [0, 0.1) is 3.57 Å². The summed E-state index contributed by atoms with van der Waals surface area (Å²) in [5.74, 6) is 0. The zero-order valence-electron chi connectivity index (χ0n) is 6.08. The van der Waals surface area contributed by atoms with Gasteiger partial charge < -0.3 is 0 Å². The van der Waals surface area contributed by atoms with Gasteiger partial charge in [0.05, 0.1) is 0 Å². The van der Waals surface area contributed by atoms with Crippen molar-refractivity contribution in [1.82, 2.24) is 0 Å². The fraction of sp³-hybridized carbons (Fsp3) is 0.250. The van der Waals surface area contributed by atoms with E-state index in [1.807, 2.05) is 0 Å². The number of hydrogen-bond donors (Lipinski definition) is 0. The van der Waals surface area contributed by atoms with Crippen LogP contribution in [0.3, 0.4) is 0 Å². The highest BCUT2D eigenvalue weighted by atomic mass is 127. The highest BCUT2D eigenvalue weighted by Crippen LogP contribution is 2.26. The minimum atomic E-state index is 0.907. The molecule has 0 amide bonds. The molecule has 0 spiro atoms. The molecule has 1 aromatic rings. The van der Waals surface area contributed by atoms with Gasteiger partial charge in [0.1, 0.15) is 0 Å². The monoisotopic (exact) mass is 466 g/mol. The first-order valence-corrected chi connectivity index (χ1v) is 7.39. The summed E-state index contributed by atoms with van der Waals surface area (Å²) in [6, 6.07) is 4.28. The first kappa shape index (κ1) is 11.5. The number of alkyl halides is 2. The summed E-state index contributed by atoms with van der Waals surface area (Å²) in [6.07, 6.45) is 0. The van der Waals surface area contributed by atoms with Crippen LogP contribution in [0.15, 0.2) is 16.6 Å². The quantitative estimate of drug-likeness (QED) is 0.430. The molecule has 66 valence electrons. The predicted octanol–water partition coefficient (Wildman–Crippen LogP) is 4.84. The van der Waals surface area contributed by atoms with Crippen LogP contribution in [0.2, 0.25) is 0 Å². The molecule has 1 rings (SSSR count). The van der Waals surface area contributed by atoms with Gasteiger partial charge in [0.2, 0.25) is 0 Å². The molecule has 0 aliphatic carbocycles. The molecule has 0 N–H and O–H groups in total. The molecule has 4 heteroatoms. The standard InChI is InChI=1S/C8H6Br3I/c9-3-5-1-7(11)2-6(4-10)8(5)12/h1-2H,3-4H2. The summed E-state index contributed by atoms with van der Waals surface area (Å²) in [7, 11) is 0. The van der Waals surface area contributed by atoms with Crippen LogP contribution in [-0.2, 0) is 10.7 Å². The number of benzene rings is 1. The van der Waals surface area contributed by atoms with Gasteiger partial charge in [-0.1, -0.05) is 47.8 Å². The van der Waals surface area contributed by atoms with Crippen LogP contribution in [0.1, 0.15) is 11.1 Å². The van der Waals surface area contributed by atoms with Crippen molar-refractivity contribution in [3.63, 3.8) is 0 Å². The number of rotatable bonds is 2. The van der Waals surface area contributed by atoms with Crippen molar-refractivity contribution in [3.8, 4) is 0 Å². The second-order valence-corrected chi connectivity index (χ2v) is 5.42. The largest absolute Gasteiger partial charge is 0.0876 e. The Bertz CT molecular complexity index is 261. The smallest absolute Gasteiger partial charge is 0.0294 e. The van der Waals surface area contributed by atoms with E-state index in [1.165, 1.54) is 14.7 Å². The first-order valence-electron chi connectivity index (χ1n) is 3.27. The Morgan fingerprint density at radius 3 is 1.83 bits per heavy atom. The summed E-state index contributed by atoms with van der Waals surface area (Å²) < 4.78 is 2.48. The van der Waals surface area contributed by atoms with E-state index in [2.05, 4.69) is 82.5 Å². The second kappa shape index (κ2) is 5.32. The van der Waals surface area contributed by atoms with E-state index in [0.29, 0.717) is 0 Å². The van der Waals surface area contributed by atoms with Gasteiger partial charge in [-0.15, -0.1) is 0 Å². The van der Waals surface area contributed by atoms with Crippen LogP contribution in [0.4, 0.5) is 0 Å². The Balaban J connectivity index is 3.22. The normalized spacial score (nSPS) is 10.3. The maximum Gasteiger partial charge on any atom is 0.0294 e. The molecule has 0 atom stereocenters. The van der Waals surface area contributed by atoms with E-state index in [-0.39, 0.29) is 0 Å². The lowest BCUT2D eigenvalue weighted by atomic mass is 10.2. The van der Waals surface area contributed by atoms with E-state index < -0.39 is 0 Å². The molecule has 0 unspecified atom stereocenters. The molecule has 0 saturated carbocycles. The first-order chi connectivity index (χ1) is 5.69. The van der Waals surface area contributed by atoms with Gasteiger partial charge in [-0.05, 0) is 45.9 Å². The van der Waals surface area contributed by atoms with Gasteiger partial charge in [-0.2, -0.15) is 0 Å². The molecule has 0 aliphatic rings. The lowest BCUT2D eigenvalue weighted by Gasteiger charge is -2.06. The van der Waals surface area contributed by atoms with E-state index in [1.54, 1.807) is 0 Å². The van der Waals surface area contributed by atoms with Gasteiger partial charge in [0.15, 0.2) is 0 Å². The minimum Gasteiger partial charge on any atom is -0.0876 e. The summed E-state index contributed by atoms with van der Waals surface area (Å²) in [5.41, 5.74) is 2.67. The van der Waals surface area contributed by atoms with Crippen molar-refractivity contribution in [1.29, 1.82) is 0 Å². The molecule has 0 aliphatic heterocycles. The zero-order chi connectivity index (χ0) is 9.14. The fourth-order valence-corrected chi connectivity index (χ4v) is 4.08. The predicted molar refractivity (Wildman–Crippen MR) is 72.1 cm³/mol. The average Bonchev–Trinajstić information content (AvgIpc) is 2.08. The molecule has 0 aromatic heterocycles. The van der Waals surface area contributed by atoms with Crippen molar-refractivity contribution >= 4 is 70.4 Å². The Hall–Kier alpha value is 1.39. The van der Waals surface area contributed by atoms with Crippen LogP contribution in [0.5, 0.6) is 0 Å². The summed E-state index contributed by atoms with van der Waals surface area (Å²) in [6.45, 7) is 0. The van der Waals surface area contributed by atoms with E-state index in [9.17, 15) is 0 Å². The molecule has 1 aromatic carbocycles. The Labute approximate surface area is 111 Å². The third-order valence-corrected chi connectivity index (χ3v) is 4.53. The van der Waals surface area contributed by atoms with Crippen molar-refractivity contribution in [2.75, 3.05) is 0 Å². The van der Waals surface area contributed by atoms with Crippen molar-refractivity contribution in [2.24, 2.45) is 0 Å². The third-order valence-electron chi connectivity index (χ3n) is 1.48. The maximum atomic E-state index is 3.48. The average molecular weight is 469 g/mol. The fourth-order valence-electron chi connectivity index (χ4n) is 0.902. The van der Waals surface area contributed by atoms with Crippen LogP contribution in [-0.4, -0.2) is 0 Å². The molecular formula is C8H6Br3I. The second-order valence-electron chi connectivity index (χ2n) is 2.31. The Kier molecular flexibility index (Phi) is 5.08. The molecule has 0 nitrogen and oxygen atoms in total. The molecule has 0 bridgehead atoms. The lowest BCUT2D eigenvalue weighted by molar-refractivity contribution is 1.29. The third kappa shape index (κ3) is 2.69. The highest BCUT2D eigenvalue weighted by Gasteiger charge is 2.05. The van der Waals surface area contributed by atoms with Crippen molar-refractivity contribution < 1.29 is 0 Å². The Morgan fingerprint density at radius 2 is 1.50 bits per heavy atom. The maximum absolute atomic E-state index is 3.48. The van der Waals surface area contributed by atoms with Gasteiger partial charge in [0.25, 0.3) is 0 Å². The summed E-state index contributed by atoms with van der Waals surface area (Å²) >= 11 is 12.8. The zero-order valence-corrected chi connectivity index (χ0v) is 13.0. The summed E-state index contributed by atoms with van der Waals surface area (Å²) in [5, 5.41) is 1.81. The molecule has 0 heterocycles. The van der Waals surface area contributed by atoms with Crippen molar-refractivity contribution in [2.45, 2.75) is 10.7 Å². The van der Waals surface area contributed by atoms with Crippen molar-refractivity contribution in [3.05, 3.63) is 31.3 Å². The number of halogens is 4. The van der Waals surface area contributed by atoms with Gasteiger partial charge >= 0.3 is 0 Å². The van der Waals surface area contributed by atoms with Gasteiger partial charge in [-0.25, -0.2) is 0 Å². The Morgan fingerprint density at radius 1 is 1.08 bits per heavy atom. The number of hydrogen-bond acceptors (Lipinski definition) is 0. The van der Waals surface area contributed by atoms with E-state index in [0.717, 1.165) is 15.1 Å². The molecule has 0 fully saturated rings. The molecular weight excluding hydrogens is 463 g/mol. The minimum absolute atomic E-state index is 0.907.